The highest BCUT2D eigenvalue weighted by molar-refractivity contribution is 6.55. The first-order valence-electron chi connectivity index (χ1n) is 10.0. The standard InChI is InChI=1S/C20H24BFN4O6/c1-6-30-18(27)16-12-25(24-23-16)11-15(13-7-9-14(10-8-13)26(28)29)17(22)21-31-19(2,3)20(4,5)32-21/h7-10,12H,6,11H2,1-5H3. The van der Waals surface area contributed by atoms with Gasteiger partial charge in [0.1, 0.15) is 5.73 Å². The topological polar surface area (TPSA) is 119 Å². The van der Waals surface area contributed by atoms with Crippen molar-refractivity contribution in [2.75, 3.05) is 6.61 Å². The van der Waals surface area contributed by atoms with Crippen molar-refractivity contribution >= 4 is 24.3 Å². The van der Waals surface area contributed by atoms with Gasteiger partial charge >= 0.3 is 13.1 Å². The van der Waals surface area contributed by atoms with Crippen LogP contribution in [0.2, 0.25) is 0 Å². The normalized spacial score (nSPS) is 17.8. The number of nitrogens with zero attached hydrogens (tertiary/aromatic N) is 4. The Morgan fingerprint density at radius 1 is 1.22 bits per heavy atom. The van der Waals surface area contributed by atoms with E-state index in [1.54, 1.807) is 34.6 Å². The van der Waals surface area contributed by atoms with E-state index in [1.807, 2.05) is 0 Å². The lowest BCUT2D eigenvalue weighted by Crippen LogP contribution is -2.41. The van der Waals surface area contributed by atoms with Crippen LogP contribution in [0.15, 0.2) is 36.2 Å². The average Bonchev–Trinajstić information content (AvgIpc) is 3.27. The molecule has 32 heavy (non-hydrogen) atoms. The Balaban J connectivity index is 1.99. The molecule has 0 bridgehead atoms. The van der Waals surface area contributed by atoms with Crippen molar-refractivity contribution in [2.45, 2.75) is 52.4 Å². The maximum Gasteiger partial charge on any atom is 0.525 e. The maximum atomic E-state index is 15.7. The van der Waals surface area contributed by atoms with Gasteiger partial charge in [-0.2, -0.15) is 0 Å². The van der Waals surface area contributed by atoms with Gasteiger partial charge in [0.25, 0.3) is 5.69 Å². The van der Waals surface area contributed by atoms with Crippen LogP contribution >= 0.6 is 0 Å². The Hall–Kier alpha value is -3.12. The number of carbonyl (C=O) groups excluding carboxylic acids is 1. The smallest absolute Gasteiger partial charge is 0.461 e. The minimum atomic E-state index is -1.28. The summed E-state index contributed by atoms with van der Waals surface area (Å²) in [4.78, 5) is 22.3. The van der Waals surface area contributed by atoms with E-state index in [0.29, 0.717) is 5.56 Å². The summed E-state index contributed by atoms with van der Waals surface area (Å²) in [5.41, 5.74) is -1.89. The van der Waals surface area contributed by atoms with Gasteiger partial charge in [-0.1, -0.05) is 5.21 Å². The number of esters is 1. The molecule has 0 saturated carbocycles. The molecule has 1 saturated heterocycles. The highest BCUT2D eigenvalue weighted by atomic mass is 19.1. The SMILES string of the molecule is CCOC(=O)c1cn(CC(=C(F)B2OC(C)(C)C(C)(C)O2)c2ccc([N+](=O)[O-])cc2)nn1. The minimum Gasteiger partial charge on any atom is -0.461 e. The molecule has 0 spiro atoms. The van der Waals surface area contributed by atoms with E-state index >= 15 is 4.39 Å². The third kappa shape index (κ3) is 4.70. The highest BCUT2D eigenvalue weighted by Crippen LogP contribution is 2.40. The first-order chi connectivity index (χ1) is 14.9. The molecule has 12 heteroatoms. The molecule has 1 aromatic carbocycles. The Kier molecular flexibility index (Phi) is 6.47. The van der Waals surface area contributed by atoms with Gasteiger partial charge in [0.2, 0.25) is 0 Å². The lowest BCUT2D eigenvalue weighted by Gasteiger charge is -2.32. The van der Waals surface area contributed by atoms with E-state index in [1.165, 1.54) is 35.1 Å². The van der Waals surface area contributed by atoms with Crippen LogP contribution in [0, 0.1) is 10.1 Å². The summed E-state index contributed by atoms with van der Waals surface area (Å²) < 4.78 is 33.5. The number of nitro benzene ring substituents is 1. The van der Waals surface area contributed by atoms with Crippen molar-refractivity contribution in [3.05, 3.63) is 57.6 Å². The van der Waals surface area contributed by atoms with Crippen LogP contribution in [0.25, 0.3) is 5.57 Å². The lowest BCUT2D eigenvalue weighted by atomic mass is 9.82. The Morgan fingerprint density at radius 3 is 2.34 bits per heavy atom. The number of aromatic nitrogens is 3. The first kappa shape index (κ1) is 23.5. The summed E-state index contributed by atoms with van der Waals surface area (Å²) >= 11 is 0. The van der Waals surface area contributed by atoms with Crippen LogP contribution in [0.5, 0.6) is 0 Å². The zero-order chi connectivity index (χ0) is 23.7. The van der Waals surface area contributed by atoms with Crippen molar-refractivity contribution in [2.24, 2.45) is 0 Å². The molecular formula is C20H24BFN4O6. The molecule has 1 fully saturated rings. The number of halogens is 1. The summed E-state index contributed by atoms with van der Waals surface area (Å²) in [5.74, 6) is -0.647. The monoisotopic (exact) mass is 446 g/mol. The van der Waals surface area contributed by atoms with Crippen LogP contribution in [0.1, 0.15) is 50.7 Å². The number of hydrogen-bond donors (Lipinski definition) is 0. The second-order valence-electron chi connectivity index (χ2n) is 8.24. The van der Waals surface area contributed by atoms with Gasteiger partial charge in [0.05, 0.1) is 35.5 Å². The van der Waals surface area contributed by atoms with Gasteiger partial charge in [0.15, 0.2) is 5.69 Å². The summed E-state index contributed by atoms with van der Waals surface area (Å²) in [7, 11) is -1.28. The molecule has 0 aliphatic carbocycles. The zero-order valence-electron chi connectivity index (χ0n) is 18.5. The van der Waals surface area contributed by atoms with Crippen LogP contribution < -0.4 is 0 Å². The third-order valence-corrected chi connectivity index (χ3v) is 5.52. The largest absolute Gasteiger partial charge is 0.525 e. The molecule has 0 N–H and O–H groups in total. The first-order valence-corrected chi connectivity index (χ1v) is 10.0. The average molecular weight is 446 g/mol. The molecule has 0 atom stereocenters. The van der Waals surface area contributed by atoms with E-state index < -0.39 is 34.9 Å². The molecular weight excluding hydrogens is 422 g/mol. The molecule has 3 rings (SSSR count). The Labute approximate surface area is 184 Å². The predicted molar refractivity (Wildman–Crippen MR) is 113 cm³/mol. The summed E-state index contributed by atoms with van der Waals surface area (Å²) in [6, 6.07) is 5.42. The maximum absolute atomic E-state index is 15.7. The summed E-state index contributed by atoms with van der Waals surface area (Å²) in [6.07, 6.45) is 1.33. The molecule has 0 unspecified atom stereocenters. The molecule has 1 aliphatic heterocycles. The Bertz CT molecular complexity index is 1030. The number of nitro groups is 1. The second-order valence-corrected chi connectivity index (χ2v) is 8.24. The van der Waals surface area contributed by atoms with Crippen molar-refractivity contribution in [3.63, 3.8) is 0 Å². The Morgan fingerprint density at radius 2 is 1.81 bits per heavy atom. The van der Waals surface area contributed by atoms with Crippen molar-refractivity contribution in [1.29, 1.82) is 0 Å². The lowest BCUT2D eigenvalue weighted by molar-refractivity contribution is -0.384. The molecule has 2 aromatic rings. The molecule has 0 radical (unpaired) electrons. The fourth-order valence-corrected chi connectivity index (χ4v) is 3.01. The van der Waals surface area contributed by atoms with Gasteiger partial charge in [-0.3, -0.25) is 10.1 Å². The third-order valence-electron chi connectivity index (χ3n) is 5.52. The number of rotatable bonds is 7. The summed E-state index contributed by atoms with van der Waals surface area (Å²) in [6.45, 7) is 8.92. The predicted octanol–water partition coefficient (Wildman–Crippen LogP) is 3.38. The fraction of sp³-hybridized carbons (Fsp3) is 0.450. The summed E-state index contributed by atoms with van der Waals surface area (Å²) in [5, 5.41) is 18.6. The van der Waals surface area contributed by atoms with E-state index in [2.05, 4.69) is 10.3 Å². The van der Waals surface area contributed by atoms with Crippen molar-refractivity contribution < 1.29 is 28.2 Å². The van der Waals surface area contributed by atoms with Gasteiger partial charge < -0.3 is 14.0 Å². The van der Waals surface area contributed by atoms with Gasteiger partial charge in [0, 0.05) is 17.7 Å². The van der Waals surface area contributed by atoms with Gasteiger partial charge in [-0.05, 0) is 52.3 Å². The van der Waals surface area contributed by atoms with Crippen LogP contribution in [-0.4, -0.2) is 50.8 Å². The molecule has 2 heterocycles. The van der Waals surface area contributed by atoms with Crippen LogP contribution in [0.3, 0.4) is 0 Å². The molecule has 170 valence electrons. The fourth-order valence-electron chi connectivity index (χ4n) is 3.01. The number of carbonyl (C=O) groups is 1. The number of non-ortho nitro benzene ring substituents is 1. The van der Waals surface area contributed by atoms with E-state index in [4.69, 9.17) is 14.0 Å². The zero-order valence-corrected chi connectivity index (χ0v) is 18.5. The number of benzene rings is 1. The van der Waals surface area contributed by atoms with Gasteiger partial charge in [-0.15, -0.1) is 5.10 Å². The molecule has 1 aliphatic rings. The molecule has 1 aromatic heterocycles. The van der Waals surface area contributed by atoms with Gasteiger partial charge in [-0.25, -0.2) is 13.9 Å². The number of allylic oxidation sites excluding steroid dienone is 1. The minimum absolute atomic E-state index is 0.0223. The molecule has 0 amide bonds. The van der Waals surface area contributed by atoms with Crippen molar-refractivity contribution in [1.82, 2.24) is 15.0 Å². The quantitative estimate of drug-likeness (QED) is 0.275. The van der Waals surface area contributed by atoms with E-state index in [-0.39, 0.29) is 30.1 Å². The van der Waals surface area contributed by atoms with Crippen molar-refractivity contribution in [3.8, 4) is 0 Å². The van der Waals surface area contributed by atoms with Crippen LogP contribution in [-0.2, 0) is 20.6 Å². The highest BCUT2D eigenvalue weighted by Gasteiger charge is 2.53. The van der Waals surface area contributed by atoms with E-state index in [0.717, 1.165) is 0 Å². The number of ether oxygens (including phenoxy) is 1. The second kappa shape index (κ2) is 8.79. The van der Waals surface area contributed by atoms with Crippen LogP contribution in [0.4, 0.5) is 10.1 Å². The molecule has 10 nitrogen and oxygen atoms in total. The number of hydrogen-bond acceptors (Lipinski definition) is 8. The van der Waals surface area contributed by atoms with E-state index in [9.17, 15) is 14.9 Å².